The third kappa shape index (κ3) is 10.7. The standard InChI is InChI=1S/C19H32N2O3.C2H2O4/c1-5-8-15-24-18-16(11-9-12-17(18)23-4)19(22)20-13-10-14-21(6-2)7-3;3-1(4)2(5)6/h9,11-12H,5-8,10,13-15H2,1-4H3,(H,20,22);(H,3,4)(H,5,6)/p-2. The smallest absolute Gasteiger partial charge is 0.255 e. The third-order valence-electron chi connectivity index (χ3n) is 4.19. The maximum atomic E-state index is 12.5. The van der Waals surface area contributed by atoms with Crippen molar-refractivity contribution in [1.29, 1.82) is 0 Å². The van der Waals surface area contributed by atoms with Crippen LogP contribution in [0.25, 0.3) is 0 Å². The molecule has 0 spiro atoms. The van der Waals surface area contributed by atoms with Gasteiger partial charge >= 0.3 is 0 Å². The first kappa shape index (κ1) is 27.2. The second-order valence-electron chi connectivity index (χ2n) is 6.25. The number of amides is 1. The third-order valence-corrected chi connectivity index (χ3v) is 4.19. The van der Waals surface area contributed by atoms with Crippen molar-refractivity contribution in [1.82, 2.24) is 10.2 Å². The zero-order valence-electron chi connectivity index (χ0n) is 18.2. The summed E-state index contributed by atoms with van der Waals surface area (Å²) in [5.74, 6) is -3.35. The summed E-state index contributed by atoms with van der Waals surface area (Å²) in [6, 6.07) is 5.41. The Morgan fingerprint density at radius 1 is 1.03 bits per heavy atom. The molecule has 0 aliphatic rings. The Bertz CT molecular complexity index is 649. The Kier molecular flexibility index (Phi) is 14.5. The van der Waals surface area contributed by atoms with Gasteiger partial charge in [0.05, 0.1) is 31.2 Å². The van der Waals surface area contributed by atoms with Crippen LogP contribution < -0.4 is 25.0 Å². The molecular formula is C21H32N2O7-2. The summed E-state index contributed by atoms with van der Waals surface area (Å²) in [5, 5.41) is 20.8. The highest BCUT2D eigenvalue weighted by atomic mass is 16.5. The minimum atomic E-state index is -2.19. The first-order chi connectivity index (χ1) is 14.3. The summed E-state index contributed by atoms with van der Waals surface area (Å²) in [5.41, 5.74) is 0.535. The molecule has 30 heavy (non-hydrogen) atoms. The Morgan fingerprint density at radius 2 is 1.67 bits per heavy atom. The molecule has 1 aromatic carbocycles. The average Bonchev–Trinajstić information content (AvgIpc) is 2.74. The molecule has 170 valence electrons. The van der Waals surface area contributed by atoms with Gasteiger partial charge in [-0.05, 0) is 44.6 Å². The predicted molar refractivity (Wildman–Crippen MR) is 108 cm³/mol. The molecule has 0 saturated carbocycles. The van der Waals surface area contributed by atoms with Crippen LogP contribution in [-0.4, -0.2) is 62.6 Å². The van der Waals surface area contributed by atoms with E-state index in [1.54, 1.807) is 13.2 Å². The number of para-hydroxylation sites is 1. The van der Waals surface area contributed by atoms with Gasteiger partial charge in [-0.15, -0.1) is 0 Å². The van der Waals surface area contributed by atoms with Crippen molar-refractivity contribution in [3.05, 3.63) is 23.8 Å². The summed E-state index contributed by atoms with van der Waals surface area (Å²) in [4.78, 5) is 32.7. The van der Waals surface area contributed by atoms with E-state index in [0.29, 0.717) is 30.2 Å². The minimum absolute atomic E-state index is 0.111. The first-order valence-electron chi connectivity index (χ1n) is 10.0. The zero-order chi connectivity index (χ0) is 22.9. The van der Waals surface area contributed by atoms with Crippen molar-refractivity contribution in [2.45, 2.75) is 40.0 Å². The quantitative estimate of drug-likeness (QED) is 0.361. The van der Waals surface area contributed by atoms with Crippen LogP contribution in [0.5, 0.6) is 11.5 Å². The number of benzene rings is 1. The van der Waals surface area contributed by atoms with Crippen LogP contribution >= 0.6 is 0 Å². The van der Waals surface area contributed by atoms with Crippen LogP contribution in [0.15, 0.2) is 18.2 Å². The fourth-order valence-electron chi connectivity index (χ4n) is 2.46. The van der Waals surface area contributed by atoms with Gasteiger partial charge in [0.1, 0.15) is 0 Å². The highest BCUT2D eigenvalue weighted by molar-refractivity contribution is 6.25. The molecule has 1 aromatic rings. The number of hydrogen-bond donors (Lipinski definition) is 1. The van der Waals surface area contributed by atoms with Crippen LogP contribution in [0.2, 0.25) is 0 Å². The van der Waals surface area contributed by atoms with Crippen molar-refractivity contribution in [2.75, 3.05) is 39.9 Å². The van der Waals surface area contributed by atoms with E-state index in [2.05, 4.69) is 31.0 Å². The van der Waals surface area contributed by atoms with Crippen LogP contribution in [-0.2, 0) is 9.59 Å². The van der Waals surface area contributed by atoms with Crippen molar-refractivity contribution in [3.63, 3.8) is 0 Å². The summed E-state index contributed by atoms with van der Waals surface area (Å²) in [6.07, 6.45) is 2.93. The van der Waals surface area contributed by atoms with Gasteiger partial charge in [-0.3, -0.25) is 4.79 Å². The number of carboxylic acids is 2. The number of ether oxygens (including phenoxy) is 2. The Balaban J connectivity index is 0.00000122. The molecule has 9 heteroatoms. The lowest BCUT2D eigenvalue weighted by atomic mass is 10.1. The molecule has 0 unspecified atom stereocenters. The van der Waals surface area contributed by atoms with Crippen molar-refractivity contribution in [2.24, 2.45) is 0 Å². The van der Waals surface area contributed by atoms with E-state index in [0.717, 1.165) is 38.9 Å². The van der Waals surface area contributed by atoms with E-state index in [1.807, 2.05) is 12.1 Å². The SMILES string of the molecule is CCCCOc1c(OC)cccc1C(=O)NCCCN(CC)CC.O=C([O-])C(=O)[O-]. The number of unbranched alkanes of at least 4 members (excludes halogenated alkanes) is 1. The average molecular weight is 424 g/mol. The fraction of sp³-hybridized carbons (Fsp3) is 0.571. The molecule has 0 atom stereocenters. The number of rotatable bonds is 12. The van der Waals surface area contributed by atoms with Gasteiger partial charge in [0.15, 0.2) is 11.5 Å². The number of methoxy groups -OCH3 is 1. The molecule has 0 heterocycles. The van der Waals surface area contributed by atoms with Gasteiger partial charge in [-0.2, -0.15) is 0 Å². The van der Waals surface area contributed by atoms with Gasteiger partial charge < -0.3 is 39.5 Å². The number of nitrogens with one attached hydrogen (secondary N) is 1. The molecule has 0 saturated heterocycles. The van der Waals surface area contributed by atoms with E-state index < -0.39 is 11.9 Å². The number of nitrogens with zero attached hydrogens (tertiary/aromatic N) is 1. The molecule has 0 aromatic heterocycles. The van der Waals surface area contributed by atoms with Crippen molar-refractivity contribution in [3.8, 4) is 11.5 Å². The number of hydrogen-bond acceptors (Lipinski definition) is 8. The van der Waals surface area contributed by atoms with Crippen molar-refractivity contribution < 1.29 is 34.1 Å². The molecule has 0 radical (unpaired) electrons. The van der Waals surface area contributed by atoms with Gasteiger partial charge in [0, 0.05) is 6.54 Å². The van der Waals surface area contributed by atoms with Crippen molar-refractivity contribution >= 4 is 17.8 Å². The Morgan fingerprint density at radius 3 is 2.17 bits per heavy atom. The lowest BCUT2D eigenvalue weighted by Crippen LogP contribution is -2.42. The van der Waals surface area contributed by atoms with Gasteiger partial charge in [0.2, 0.25) is 0 Å². The largest absolute Gasteiger partial charge is 0.543 e. The first-order valence-corrected chi connectivity index (χ1v) is 10.0. The van der Waals surface area contributed by atoms with Crippen LogP contribution in [0.3, 0.4) is 0 Å². The maximum absolute atomic E-state index is 12.5. The van der Waals surface area contributed by atoms with Crippen LogP contribution in [0.4, 0.5) is 0 Å². The molecular weight excluding hydrogens is 392 g/mol. The normalized spacial score (nSPS) is 10.0. The minimum Gasteiger partial charge on any atom is -0.543 e. The molecule has 1 N–H and O–H groups in total. The van der Waals surface area contributed by atoms with E-state index in [1.165, 1.54) is 0 Å². The molecule has 1 amide bonds. The topological polar surface area (TPSA) is 131 Å². The molecule has 0 fully saturated rings. The monoisotopic (exact) mass is 424 g/mol. The van der Waals surface area contributed by atoms with Crippen LogP contribution in [0.1, 0.15) is 50.4 Å². The lowest BCUT2D eigenvalue weighted by Gasteiger charge is -2.18. The molecule has 0 aliphatic carbocycles. The fourth-order valence-corrected chi connectivity index (χ4v) is 2.46. The van der Waals surface area contributed by atoms with E-state index >= 15 is 0 Å². The van der Waals surface area contributed by atoms with Gasteiger partial charge in [-0.1, -0.05) is 33.3 Å². The molecule has 0 aliphatic heterocycles. The Hall–Kier alpha value is -2.81. The van der Waals surface area contributed by atoms with E-state index in [4.69, 9.17) is 29.3 Å². The lowest BCUT2D eigenvalue weighted by molar-refractivity contribution is -0.345. The maximum Gasteiger partial charge on any atom is 0.255 e. The molecule has 9 nitrogen and oxygen atoms in total. The zero-order valence-corrected chi connectivity index (χ0v) is 18.2. The van der Waals surface area contributed by atoms with Gasteiger partial charge in [-0.25, -0.2) is 0 Å². The van der Waals surface area contributed by atoms with Gasteiger partial charge in [0.25, 0.3) is 5.91 Å². The molecule has 0 bridgehead atoms. The second-order valence-corrected chi connectivity index (χ2v) is 6.25. The highest BCUT2D eigenvalue weighted by Crippen LogP contribution is 2.31. The summed E-state index contributed by atoms with van der Waals surface area (Å²) in [6.45, 7) is 10.7. The Labute approximate surface area is 178 Å². The second kappa shape index (κ2) is 16.0. The summed E-state index contributed by atoms with van der Waals surface area (Å²) in [7, 11) is 1.59. The number of carbonyl (C=O) groups is 3. The number of carboxylic acid groups (broad SMARTS) is 2. The van der Waals surface area contributed by atoms with E-state index in [9.17, 15) is 4.79 Å². The summed E-state index contributed by atoms with van der Waals surface area (Å²) < 4.78 is 11.1. The van der Waals surface area contributed by atoms with Crippen LogP contribution in [0, 0.1) is 0 Å². The highest BCUT2D eigenvalue weighted by Gasteiger charge is 2.16. The molecule has 1 rings (SSSR count). The number of aliphatic carboxylic acids is 2. The number of carbonyl (C=O) groups excluding carboxylic acids is 3. The summed E-state index contributed by atoms with van der Waals surface area (Å²) >= 11 is 0. The van der Waals surface area contributed by atoms with E-state index in [-0.39, 0.29) is 5.91 Å². The predicted octanol–water partition coefficient (Wildman–Crippen LogP) is -0.178.